The van der Waals surface area contributed by atoms with Gasteiger partial charge in [-0.1, -0.05) is 44.2 Å². The molecule has 35 heavy (non-hydrogen) atoms. The third kappa shape index (κ3) is 7.29. The number of anilines is 1. The monoisotopic (exact) mass is 481 g/mol. The van der Waals surface area contributed by atoms with Gasteiger partial charge in [0.05, 0.1) is 11.7 Å². The van der Waals surface area contributed by atoms with Crippen LogP contribution >= 0.6 is 0 Å². The lowest BCUT2D eigenvalue weighted by Crippen LogP contribution is -2.47. The number of benzene rings is 2. The molecule has 0 unspecified atom stereocenters. The average Bonchev–Trinajstić information content (AvgIpc) is 2.87. The molecule has 0 aliphatic carbocycles. The van der Waals surface area contributed by atoms with Gasteiger partial charge in [0.15, 0.2) is 0 Å². The molecule has 0 saturated carbocycles. The Balaban J connectivity index is 1.89. The van der Waals surface area contributed by atoms with Gasteiger partial charge < -0.3 is 19.7 Å². The summed E-state index contributed by atoms with van der Waals surface area (Å²) in [7, 11) is 3.50. The lowest BCUT2D eigenvalue weighted by Gasteiger charge is -2.36. The summed E-state index contributed by atoms with van der Waals surface area (Å²) in [5, 5.41) is 2.86. The smallest absolute Gasteiger partial charge is 0.257 e. The lowest BCUT2D eigenvalue weighted by molar-refractivity contribution is -0.115. The molecule has 0 bridgehead atoms. The Labute approximate surface area is 209 Å². The van der Waals surface area contributed by atoms with E-state index in [-0.39, 0.29) is 29.9 Å². The number of carbonyl (C=O) groups is 2. The van der Waals surface area contributed by atoms with Crippen molar-refractivity contribution in [1.29, 1.82) is 0 Å². The van der Waals surface area contributed by atoms with Crippen LogP contribution in [0.1, 0.15) is 43.1 Å². The van der Waals surface area contributed by atoms with Gasteiger partial charge in [-0.25, -0.2) is 0 Å². The van der Waals surface area contributed by atoms with Crippen LogP contribution in [-0.4, -0.2) is 74.2 Å². The molecule has 7 heteroatoms. The summed E-state index contributed by atoms with van der Waals surface area (Å²) in [6.45, 7) is 8.76. The number of carbonyl (C=O) groups excluding carboxylic acids is 2. The molecule has 2 amide bonds. The molecule has 1 aliphatic rings. The summed E-state index contributed by atoms with van der Waals surface area (Å²) in [4.78, 5) is 29.3. The molecule has 0 fully saturated rings. The molecule has 1 heterocycles. The first-order valence-corrected chi connectivity index (χ1v) is 12.4. The molecular weight excluding hydrogens is 442 g/mol. The van der Waals surface area contributed by atoms with E-state index in [9.17, 15) is 9.59 Å². The van der Waals surface area contributed by atoms with Crippen molar-refractivity contribution in [2.45, 2.75) is 45.8 Å². The van der Waals surface area contributed by atoms with Gasteiger partial charge in [0, 0.05) is 58.0 Å². The molecule has 2 aromatic rings. The molecule has 1 aliphatic heterocycles. The highest BCUT2D eigenvalue weighted by atomic mass is 16.5. The number of hydrogen-bond donors (Lipinski definition) is 1. The first-order chi connectivity index (χ1) is 16.8. The highest BCUT2D eigenvalue weighted by Crippen LogP contribution is 2.27. The van der Waals surface area contributed by atoms with E-state index in [0.717, 1.165) is 19.5 Å². The summed E-state index contributed by atoms with van der Waals surface area (Å²) in [6, 6.07) is 15.8. The quantitative estimate of drug-likeness (QED) is 0.673. The fourth-order valence-electron chi connectivity index (χ4n) is 4.40. The summed E-state index contributed by atoms with van der Waals surface area (Å²) >= 11 is 0. The summed E-state index contributed by atoms with van der Waals surface area (Å²) < 4.78 is 12.1. The largest absolute Gasteiger partial charge is 0.491 e. The molecule has 7 nitrogen and oxygen atoms in total. The van der Waals surface area contributed by atoms with Crippen molar-refractivity contribution in [3.63, 3.8) is 0 Å². The van der Waals surface area contributed by atoms with Crippen molar-refractivity contribution < 1.29 is 19.1 Å². The number of fused-ring (bicyclic) bond motifs is 1. The van der Waals surface area contributed by atoms with Crippen LogP contribution in [-0.2, 0) is 16.0 Å². The molecule has 3 atom stereocenters. The lowest BCUT2D eigenvalue weighted by atomic mass is 10.0. The van der Waals surface area contributed by atoms with E-state index in [1.54, 1.807) is 44.2 Å². The van der Waals surface area contributed by atoms with E-state index in [2.05, 4.69) is 48.3 Å². The van der Waals surface area contributed by atoms with Gasteiger partial charge in [0.1, 0.15) is 12.4 Å². The molecular formula is C28H39N3O4. The van der Waals surface area contributed by atoms with Gasteiger partial charge in [-0.15, -0.1) is 0 Å². The summed E-state index contributed by atoms with van der Waals surface area (Å²) in [5.74, 6) is 0.489. The van der Waals surface area contributed by atoms with Crippen LogP contribution in [0.25, 0.3) is 0 Å². The SMILES string of the molecule is CCC(=O)Nc1ccc2c(c1)OC[C@@H](C)N(CCc1ccccc1)C[C@H](C)[C@H](OC)CN(C)C2=O. The standard InChI is InChI=1S/C28H39N3O4/c1-6-27(32)29-23-12-13-24-25(16-23)35-19-21(3)31(15-14-22-10-8-7-9-11-22)17-20(2)26(34-5)18-30(4)28(24)33/h7-13,16,20-21,26H,6,14-15,17-19H2,1-5H3,(H,29,32)/t20-,21+,26+/m0/s1. The Morgan fingerprint density at radius 1 is 1.14 bits per heavy atom. The molecule has 1 N–H and O–H groups in total. The Morgan fingerprint density at radius 2 is 1.89 bits per heavy atom. The predicted molar refractivity (Wildman–Crippen MR) is 139 cm³/mol. The molecule has 0 spiro atoms. The Kier molecular flexibility index (Phi) is 9.69. The van der Waals surface area contributed by atoms with E-state index >= 15 is 0 Å². The molecule has 0 radical (unpaired) electrons. The van der Waals surface area contributed by atoms with E-state index in [0.29, 0.717) is 36.6 Å². The second-order valence-electron chi connectivity index (χ2n) is 9.44. The zero-order chi connectivity index (χ0) is 25.4. The van der Waals surface area contributed by atoms with E-state index in [4.69, 9.17) is 9.47 Å². The second-order valence-corrected chi connectivity index (χ2v) is 9.44. The topological polar surface area (TPSA) is 71.1 Å². The normalized spacial score (nSPS) is 21.9. The maximum Gasteiger partial charge on any atom is 0.257 e. The Morgan fingerprint density at radius 3 is 2.57 bits per heavy atom. The van der Waals surface area contributed by atoms with E-state index in [1.807, 2.05) is 6.07 Å². The van der Waals surface area contributed by atoms with Crippen LogP contribution in [0, 0.1) is 5.92 Å². The van der Waals surface area contributed by atoms with Crippen molar-refractivity contribution in [2.24, 2.45) is 5.92 Å². The highest BCUT2D eigenvalue weighted by molar-refractivity contribution is 5.98. The number of likely N-dealkylation sites (N-methyl/N-ethyl adjacent to an activating group) is 1. The molecule has 3 rings (SSSR count). The molecule has 0 saturated heterocycles. The van der Waals surface area contributed by atoms with Crippen LogP contribution in [0.3, 0.4) is 0 Å². The van der Waals surface area contributed by atoms with Gasteiger partial charge in [-0.3, -0.25) is 14.5 Å². The van der Waals surface area contributed by atoms with Gasteiger partial charge >= 0.3 is 0 Å². The van der Waals surface area contributed by atoms with Crippen LogP contribution < -0.4 is 10.1 Å². The predicted octanol–water partition coefficient (Wildman–Crippen LogP) is 4.08. The molecule has 0 aromatic heterocycles. The Bertz CT molecular complexity index is 981. The average molecular weight is 482 g/mol. The highest BCUT2D eigenvalue weighted by Gasteiger charge is 2.28. The van der Waals surface area contributed by atoms with Crippen molar-refractivity contribution in [1.82, 2.24) is 9.80 Å². The van der Waals surface area contributed by atoms with Crippen LogP contribution in [0.2, 0.25) is 0 Å². The van der Waals surface area contributed by atoms with Crippen LogP contribution in [0.15, 0.2) is 48.5 Å². The number of ether oxygens (including phenoxy) is 2. The minimum atomic E-state index is -0.128. The second kappa shape index (κ2) is 12.7. The fourth-order valence-corrected chi connectivity index (χ4v) is 4.40. The van der Waals surface area contributed by atoms with Crippen LogP contribution in [0.5, 0.6) is 5.75 Å². The Hall–Kier alpha value is -2.90. The molecule has 2 aromatic carbocycles. The van der Waals surface area contributed by atoms with Crippen molar-refractivity contribution >= 4 is 17.5 Å². The zero-order valence-electron chi connectivity index (χ0n) is 21.6. The minimum Gasteiger partial charge on any atom is -0.491 e. The molecule has 190 valence electrons. The first kappa shape index (κ1) is 26.7. The van der Waals surface area contributed by atoms with Gasteiger partial charge in [0.2, 0.25) is 5.91 Å². The van der Waals surface area contributed by atoms with Gasteiger partial charge in [-0.05, 0) is 37.0 Å². The third-order valence-corrected chi connectivity index (χ3v) is 6.71. The summed E-state index contributed by atoms with van der Waals surface area (Å²) in [6.07, 6.45) is 1.23. The summed E-state index contributed by atoms with van der Waals surface area (Å²) in [5.41, 5.74) is 2.40. The van der Waals surface area contributed by atoms with Crippen molar-refractivity contribution in [3.05, 3.63) is 59.7 Å². The zero-order valence-corrected chi connectivity index (χ0v) is 21.6. The van der Waals surface area contributed by atoms with Crippen molar-refractivity contribution in [2.75, 3.05) is 45.7 Å². The van der Waals surface area contributed by atoms with Crippen molar-refractivity contribution in [3.8, 4) is 5.75 Å². The number of nitrogens with one attached hydrogen (secondary N) is 1. The first-order valence-electron chi connectivity index (χ1n) is 12.4. The van der Waals surface area contributed by atoms with Gasteiger partial charge in [0.25, 0.3) is 5.91 Å². The van der Waals surface area contributed by atoms with Gasteiger partial charge in [-0.2, -0.15) is 0 Å². The number of methoxy groups -OCH3 is 1. The fraction of sp³-hybridized carbons (Fsp3) is 0.500. The number of amides is 2. The van der Waals surface area contributed by atoms with E-state index < -0.39 is 0 Å². The van der Waals surface area contributed by atoms with Crippen LogP contribution in [0.4, 0.5) is 5.69 Å². The number of rotatable bonds is 6. The maximum absolute atomic E-state index is 13.3. The van der Waals surface area contributed by atoms with E-state index in [1.165, 1.54) is 5.56 Å². The number of nitrogens with zero attached hydrogens (tertiary/aromatic N) is 2. The third-order valence-electron chi connectivity index (χ3n) is 6.71. The number of hydrogen-bond acceptors (Lipinski definition) is 5. The maximum atomic E-state index is 13.3. The minimum absolute atomic E-state index is 0.0843.